The quantitative estimate of drug-likeness (QED) is 0.725. The smallest absolute Gasteiger partial charge is 0.411 e. The van der Waals surface area contributed by atoms with E-state index in [0.717, 1.165) is 4.90 Å². The molecule has 0 aliphatic carbocycles. The highest BCUT2D eigenvalue weighted by Gasteiger charge is 2.55. The zero-order valence-electron chi connectivity index (χ0n) is 12.2. The van der Waals surface area contributed by atoms with Crippen molar-refractivity contribution in [3.05, 3.63) is 0 Å². The molecule has 0 N–H and O–H groups in total. The highest BCUT2D eigenvalue weighted by atomic mass is 19.1. The van der Waals surface area contributed by atoms with Crippen LogP contribution in [0, 0.1) is 0 Å². The van der Waals surface area contributed by atoms with Crippen LogP contribution >= 0.6 is 0 Å². The molecule has 2 atom stereocenters. The number of hydrogen-bond acceptors (Lipinski definition) is 4. The second kappa shape index (κ2) is 5.35. The molecule has 110 valence electrons. The van der Waals surface area contributed by atoms with Crippen molar-refractivity contribution < 1.29 is 23.5 Å². The predicted molar refractivity (Wildman–Crippen MR) is 67.5 cm³/mol. The maximum atomic E-state index is 14.0. The van der Waals surface area contributed by atoms with Crippen LogP contribution in [0.1, 0.15) is 41.0 Å². The van der Waals surface area contributed by atoms with Gasteiger partial charge in [-0.1, -0.05) is 0 Å². The fraction of sp³-hybridized carbons (Fsp3) is 0.846. The topological polar surface area (TPSA) is 55.8 Å². The average molecular weight is 275 g/mol. The number of esters is 1. The largest absolute Gasteiger partial charge is 0.464 e. The lowest BCUT2D eigenvalue weighted by atomic mass is 9.97. The SMILES string of the molecule is CCOC(=O)[C@@]1(C)[C@@H](F)CCN1C(=O)OC(C)(C)C. The summed E-state index contributed by atoms with van der Waals surface area (Å²) in [4.78, 5) is 25.1. The first-order chi connectivity index (χ1) is 8.63. The van der Waals surface area contributed by atoms with E-state index in [9.17, 15) is 14.0 Å². The average Bonchev–Trinajstić information content (AvgIpc) is 2.55. The van der Waals surface area contributed by atoms with E-state index < -0.39 is 29.4 Å². The third-order valence-corrected chi connectivity index (χ3v) is 3.08. The zero-order valence-corrected chi connectivity index (χ0v) is 12.2. The second-order valence-electron chi connectivity index (χ2n) is 5.76. The molecular formula is C13H22FNO4. The molecule has 1 saturated heterocycles. The van der Waals surface area contributed by atoms with Crippen molar-refractivity contribution in [3.63, 3.8) is 0 Å². The standard InChI is InChI=1S/C13H22FNO4/c1-6-18-10(16)13(5)9(14)7-8-15(13)11(17)19-12(2,3)4/h9H,6-8H2,1-5H3/t9-,13+/m0/s1. The molecule has 0 bridgehead atoms. The van der Waals surface area contributed by atoms with E-state index in [1.165, 1.54) is 6.92 Å². The van der Waals surface area contributed by atoms with E-state index in [-0.39, 0.29) is 19.6 Å². The number of halogens is 1. The van der Waals surface area contributed by atoms with Gasteiger partial charge in [0, 0.05) is 6.54 Å². The first-order valence-electron chi connectivity index (χ1n) is 6.44. The van der Waals surface area contributed by atoms with Crippen molar-refractivity contribution >= 4 is 12.1 Å². The molecule has 19 heavy (non-hydrogen) atoms. The van der Waals surface area contributed by atoms with Crippen LogP contribution in [0.25, 0.3) is 0 Å². The summed E-state index contributed by atoms with van der Waals surface area (Å²) in [6.45, 7) is 8.46. The molecule has 0 aromatic heterocycles. The van der Waals surface area contributed by atoms with Crippen molar-refractivity contribution in [1.29, 1.82) is 0 Å². The molecule has 0 radical (unpaired) electrons. The number of alkyl halides is 1. The van der Waals surface area contributed by atoms with Gasteiger partial charge < -0.3 is 9.47 Å². The summed E-state index contributed by atoms with van der Waals surface area (Å²) in [5.41, 5.74) is -2.29. The highest BCUT2D eigenvalue weighted by Crippen LogP contribution is 2.34. The van der Waals surface area contributed by atoms with Crippen LogP contribution in [0.4, 0.5) is 9.18 Å². The first-order valence-corrected chi connectivity index (χ1v) is 6.44. The van der Waals surface area contributed by atoms with Gasteiger partial charge in [-0.15, -0.1) is 0 Å². The van der Waals surface area contributed by atoms with E-state index in [0.29, 0.717) is 0 Å². The van der Waals surface area contributed by atoms with Crippen molar-refractivity contribution in [2.24, 2.45) is 0 Å². The van der Waals surface area contributed by atoms with E-state index in [1.807, 2.05) is 0 Å². The molecule has 1 aliphatic heterocycles. The number of likely N-dealkylation sites (tertiary alicyclic amines) is 1. The normalized spacial score (nSPS) is 27.3. The Bertz CT molecular complexity index is 366. The van der Waals surface area contributed by atoms with Gasteiger partial charge >= 0.3 is 12.1 Å². The third kappa shape index (κ3) is 3.16. The fourth-order valence-electron chi connectivity index (χ4n) is 2.04. The van der Waals surface area contributed by atoms with Crippen LogP contribution in [-0.2, 0) is 14.3 Å². The first kappa shape index (κ1) is 15.7. The summed E-state index contributed by atoms with van der Waals surface area (Å²) in [6, 6.07) is 0. The van der Waals surface area contributed by atoms with Crippen molar-refractivity contribution in [1.82, 2.24) is 4.90 Å². The monoisotopic (exact) mass is 275 g/mol. The van der Waals surface area contributed by atoms with Gasteiger partial charge in [-0.05, 0) is 41.0 Å². The van der Waals surface area contributed by atoms with Crippen LogP contribution in [0.2, 0.25) is 0 Å². The lowest BCUT2D eigenvalue weighted by Crippen LogP contribution is -2.56. The number of carbonyl (C=O) groups is 2. The molecule has 1 fully saturated rings. The van der Waals surface area contributed by atoms with E-state index in [4.69, 9.17) is 9.47 Å². The fourth-order valence-corrected chi connectivity index (χ4v) is 2.04. The minimum absolute atomic E-state index is 0.106. The molecule has 1 aliphatic rings. The Morgan fingerprint density at radius 2 is 2.00 bits per heavy atom. The highest BCUT2D eigenvalue weighted by molar-refractivity contribution is 5.87. The van der Waals surface area contributed by atoms with E-state index in [2.05, 4.69) is 0 Å². The number of carbonyl (C=O) groups excluding carboxylic acids is 2. The molecule has 6 heteroatoms. The predicted octanol–water partition coefficient (Wildman–Crippen LogP) is 2.29. The third-order valence-electron chi connectivity index (χ3n) is 3.08. The van der Waals surface area contributed by atoms with Crippen LogP contribution < -0.4 is 0 Å². The Kier molecular flexibility index (Phi) is 4.43. The zero-order chi connectivity index (χ0) is 14.8. The molecule has 0 saturated carbocycles. The number of hydrogen-bond donors (Lipinski definition) is 0. The van der Waals surface area contributed by atoms with Crippen LogP contribution in [0.5, 0.6) is 0 Å². The minimum Gasteiger partial charge on any atom is -0.464 e. The Morgan fingerprint density at radius 1 is 1.42 bits per heavy atom. The summed E-state index contributed by atoms with van der Waals surface area (Å²) in [7, 11) is 0. The van der Waals surface area contributed by atoms with Crippen LogP contribution in [0.3, 0.4) is 0 Å². The van der Waals surface area contributed by atoms with Gasteiger partial charge in [0.25, 0.3) is 0 Å². The lowest BCUT2D eigenvalue weighted by molar-refractivity contribution is -0.157. The van der Waals surface area contributed by atoms with E-state index >= 15 is 0 Å². The summed E-state index contributed by atoms with van der Waals surface area (Å²) in [5, 5.41) is 0. The minimum atomic E-state index is -1.60. The Balaban J connectivity index is 2.93. The van der Waals surface area contributed by atoms with E-state index in [1.54, 1.807) is 27.7 Å². The molecule has 0 unspecified atom stereocenters. The molecule has 0 aromatic carbocycles. The van der Waals surface area contributed by atoms with Gasteiger partial charge in [-0.25, -0.2) is 14.0 Å². The Morgan fingerprint density at radius 3 is 2.47 bits per heavy atom. The lowest BCUT2D eigenvalue weighted by Gasteiger charge is -2.35. The van der Waals surface area contributed by atoms with Gasteiger partial charge in [-0.3, -0.25) is 4.90 Å². The summed E-state index contributed by atoms with van der Waals surface area (Å²) in [5.74, 6) is -0.731. The molecule has 5 nitrogen and oxygen atoms in total. The summed E-state index contributed by atoms with van der Waals surface area (Å²) >= 11 is 0. The van der Waals surface area contributed by atoms with Gasteiger partial charge in [0.05, 0.1) is 6.61 Å². The molecular weight excluding hydrogens is 253 g/mol. The molecule has 1 heterocycles. The molecule has 1 rings (SSSR count). The van der Waals surface area contributed by atoms with Crippen molar-refractivity contribution in [2.75, 3.05) is 13.2 Å². The summed E-state index contributed by atoms with van der Waals surface area (Å²) in [6.07, 6.45) is -2.03. The molecule has 0 spiro atoms. The molecule has 1 amide bonds. The Hall–Kier alpha value is -1.33. The van der Waals surface area contributed by atoms with Crippen molar-refractivity contribution in [3.8, 4) is 0 Å². The Labute approximate surface area is 113 Å². The molecule has 0 aromatic rings. The number of nitrogens with zero attached hydrogens (tertiary/aromatic N) is 1. The van der Waals surface area contributed by atoms with Gasteiger partial charge in [-0.2, -0.15) is 0 Å². The maximum absolute atomic E-state index is 14.0. The number of rotatable bonds is 2. The van der Waals surface area contributed by atoms with Gasteiger partial charge in [0.15, 0.2) is 5.54 Å². The van der Waals surface area contributed by atoms with Gasteiger partial charge in [0.2, 0.25) is 0 Å². The second-order valence-corrected chi connectivity index (χ2v) is 5.76. The van der Waals surface area contributed by atoms with Crippen LogP contribution in [-0.4, -0.2) is 47.4 Å². The maximum Gasteiger partial charge on any atom is 0.411 e. The summed E-state index contributed by atoms with van der Waals surface area (Å²) < 4.78 is 24.1. The van der Waals surface area contributed by atoms with Gasteiger partial charge in [0.1, 0.15) is 11.8 Å². The van der Waals surface area contributed by atoms with Crippen LogP contribution in [0.15, 0.2) is 0 Å². The number of ether oxygens (including phenoxy) is 2. The van der Waals surface area contributed by atoms with Crippen molar-refractivity contribution in [2.45, 2.75) is 58.4 Å². The number of amides is 1.